The number of nitrogens with zero attached hydrogens (tertiary/aromatic N) is 1. The molecule has 0 unspecified atom stereocenters. The fraction of sp³-hybridized carbons (Fsp3) is 0.312. The Morgan fingerprint density at radius 2 is 2.21 bits per heavy atom. The fourth-order valence-electron chi connectivity index (χ4n) is 3.17. The van der Waals surface area contributed by atoms with Gasteiger partial charge >= 0.3 is 11.9 Å². The van der Waals surface area contributed by atoms with E-state index in [1.54, 1.807) is 0 Å². The van der Waals surface area contributed by atoms with Crippen molar-refractivity contribution in [2.75, 3.05) is 6.61 Å². The van der Waals surface area contributed by atoms with Gasteiger partial charge in [0, 0.05) is 17.5 Å². The first-order chi connectivity index (χ1) is 11.3. The van der Waals surface area contributed by atoms with Crippen LogP contribution in [0.5, 0.6) is 0 Å². The Hall–Kier alpha value is -2.77. The second-order valence-electron chi connectivity index (χ2n) is 5.61. The van der Waals surface area contributed by atoms with Crippen LogP contribution in [0.2, 0.25) is 0 Å². The van der Waals surface area contributed by atoms with E-state index < -0.39 is 29.8 Å². The monoisotopic (exact) mass is 336 g/mol. The van der Waals surface area contributed by atoms with Crippen molar-refractivity contribution >= 4 is 11.9 Å². The SMILES string of the molecule is CC1=C(C(=O)O)[C@H](c2cncc(F)c2[C@H](C)F)C2=C(COC2=O)N1. The van der Waals surface area contributed by atoms with Crippen molar-refractivity contribution < 1.29 is 28.2 Å². The summed E-state index contributed by atoms with van der Waals surface area (Å²) in [5.41, 5.74) is 0.263. The molecule has 1 aromatic heterocycles. The van der Waals surface area contributed by atoms with Crippen LogP contribution in [0.4, 0.5) is 8.78 Å². The fourth-order valence-corrected chi connectivity index (χ4v) is 3.17. The van der Waals surface area contributed by atoms with Gasteiger partial charge in [0.1, 0.15) is 18.6 Å². The lowest BCUT2D eigenvalue weighted by atomic mass is 9.79. The minimum Gasteiger partial charge on any atom is -0.478 e. The predicted octanol–water partition coefficient (Wildman–Crippen LogP) is 2.11. The maximum atomic E-state index is 14.1. The first kappa shape index (κ1) is 16.1. The lowest BCUT2D eigenvalue weighted by molar-refractivity contribution is -0.136. The topological polar surface area (TPSA) is 88.5 Å². The third-order valence-corrected chi connectivity index (χ3v) is 4.12. The van der Waals surface area contributed by atoms with Crippen LogP contribution in [-0.4, -0.2) is 28.6 Å². The molecule has 0 amide bonds. The quantitative estimate of drug-likeness (QED) is 0.822. The van der Waals surface area contributed by atoms with Gasteiger partial charge in [-0.25, -0.2) is 18.4 Å². The molecular formula is C16H14F2N2O4. The maximum Gasteiger partial charge on any atom is 0.337 e. The van der Waals surface area contributed by atoms with E-state index in [0.717, 1.165) is 13.1 Å². The molecule has 3 rings (SSSR count). The van der Waals surface area contributed by atoms with E-state index in [4.69, 9.17) is 4.74 Å². The van der Waals surface area contributed by atoms with Gasteiger partial charge in [0.25, 0.3) is 0 Å². The summed E-state index contributed by atoms with van der Waals surface area (Å²) in [5.74, 6) is -4.05. The van der Waals surface area contributed by atoms with Gasteiger partial charge in [0.15, 0.2) is 0 Å². The number of esters is 1. The van der Waals surface area contributed by atoms with Crippen LogP contribution < -0.4 is 5.32 Å². The molecular weight excluding hydrogens is 322 g/mol. The number of allylic oxidation sites excluding steroid dienone is 1. The number of aromatic nitrogens is 1. The van der Waals surface area contributed by atoms with Gasteiger partial charge in [-0.1, -0.05) is 0 Å². The molecule has 0 spiro atoms. The molecule has 0 aliphatic carbocycles. The zero-order valence-corrected chi connectivity index (χ0v) is 12.9. The third-order valence-electron chi connectivity index (χ3n) is 4.12. The van der Waals surface area contributed by atoms with Gasteiger partial charge in [0.2, 0.25) is 0 Å². The molecule has 126 valence electrons. The Labute approximate surface area is 135 Å². The van der Waals surface area contributed by atoms with E-state index in [0.29, 0.717) is 5.70 Å². The summed E-state index contributed by atoms with van der Waals surface area (Å²) in [4.78, 5) is 27.5. The normalized spacial score (nSPS) is 21.3. The summed E-state index contributed by atoms with van der Waals surface area (Å²) in [7, 11) is 0. The summed E-state index contributed by atoms with van der Waals surface area (Å²) in [6.07, 6.45) is 0.348. The molecule has 2 atom stereocenters. The summed E-state index contributed by atoms with van der Waals surface area (Å²) in [5, 5.41) is 12.4. The first-order valence-electron chi connectivity index (χ1n) is 7.21. The summed E-state index contributed by atoms with van der Waals surface area (Å²) in [6, 6.07) is 0. The largest absolute Gasteiger partial charge is 0.478 e. The molecule has 2 aliphatic rings. The van der Waals surface area contributed by atoms with Gasteiger partial charge in [-0.2, -0.15) is 0 Å². The van der Waals surface area contributed by atoms with E-state index >= 15 is 0 Å². The Morgan fingerprint density at radius 3 is 2.83 bits per heavy atom. The maximum absolute atomic E-state index is 14.1. The number of carbonyl (C=O) groups is 2. The van der Waals surface area contributed by atoms with Gasteiger partial charge in [-0.15, -0.1) is 0 Å². The smallest absolute Gasteiger partial charge is 0.337 e. The van der Waals surface area contributed by atoms with Crippen LogP contribution in [0.25, 0.3) is 0 Å². The molecule has 0 aromatic carbocycles. The summed E-state index contributed by atoms with van der Waals surface area (Å²) in [6.45, 7) is 2.62. The van der Waals surface area contributed by atoms with Crippen molar-refractivity contribution in [3.05, 3.63) is 51.9 Å². The van der Waals surface area contributed by atoms with E-state index in [9.17, 15) is 23.5 Å². The molecule has 3 heterocycles. The van der Waals surface area contributed by atoms with E-state index in [1.165, 1.54) is 13.1 Å². The van der Waals surface area contributed by atoms with Crippen LogP contribution in [0.1, 0.15) is 37.1 Å². The molecule has 6 nitrogen and oxygen atoms in total. The highest BCUT2D eigenvalue weighted by Gasteiger charge is 2.43. The van der Waals surface area contributed by atoms with Crippen molar-refractivity contribution in [3.63, 3.8) is 0 Å². The van der Waals surface area contributed by atoms with Gasteiger partial charge in [-0.05, 0) is 19.4 Å². The standard InChI is InChI=1S/C16H14F2N2O4/c1-6(17)11-8(3-19-4-9(11)18)13-12(15(21)22)7(2)20-10-5-24-16(23)14(10)13/h3-4,6,13,20H,5H2,1-2H3,(H,21,22)/t6-,13-/m0/s1. The number of carboxylic acids is 1. The molecule has 0 radical (unpaired) electrons. The number of aliphatic carboxylic acids is 1. The number of hydrogen-bond donors (Lipinski definition) is 2. The number of nitrogens with one attached hydrogen (secondary N) is 1. The molecule has 0 saturated carbocycles. The highest BCUT2D eigenvalue weighted by atomic mass is 19.1. The molecule has 2 N–H and O–H groups in total. The number of cyclic esters (lactones) is 1. The number of ether oxygens (including phenoxy) is 1. The number of pyridine rings is 1. The van der Waals surface area contributed by atoms with E-state index in [-0.39, 0.29) is 34.6 Å². The van der Waals surface area contributed by atoms with Crippen molar-refractivity contribution in [3.8, 4) is 0 Å². The zero-order valence-electron chi connectivity index (χ0n) is 12.9. The lowest BCUT2D eigenvalue weighted by Gasteiger charge is -2.28. The van der Waals surface area contributed by atoms with E-state index in [1.807, 2.05) is 0 Å². The van der Waals surface area contributed by atoms with Crippen molar-refractivity contribution in [2.45, 2.75) is 25.9 Å². The van der Waals surface area contributed by atoms with Crippen molar-refractivity contribution in [1.82, 2.24) is 10.3 Å². The average molecular weight is 336 g/mol. The Balaban J connectivity index is 2.29. The lowest BCUT2D eigenvalue weighted by Crippen LogP contribution is -2.30. The van der Waals surface area contributed by atoms with E-state index in [2.05, 4.69) is 10.3 Å². The second-order valence-corrected chi connectivity index (χ2v) is 5.61. The minimum atomic E-state index is -1.70. The first-order valence-corrected chi connectivity index (χ1v) is 7.21. The minimum absolute atomic E-state index is 0.00889. The van der Waals surface area contributed by atoms with Crippen molar-refractivity contribution in [1.29, 1.82) is 0 Å². The summed E-state index contributed by atoms with van der Waals surface area (Å²) >= 11 is 0. The predicted molar refractivity (Wildman–Crippen MR) is 77.9 cm³/mol. The molecule has 1 aromatic rings. The number of halogens is 2. The van der Waals surface area contributed by atoms with Gasteiger partial charge < -0.3 is 15.2 Å². The molecule has 2 aliphatic heterocycles. The molecule has 24 heavy (non-hydrogen) atoms. The Morgan fingerprint density at radius 1 is 1.50 bits per heavy atom. The van der Waals surface area contributed by atoms with Crippen LogP contribution in [0.15, 0.2) is 34.9 Å². The number of rotatable bonds is 3. The van der Waals surface area contributed by atoms with Crippen molar-refractivity contribution in [2.24, 2.45) is 0 Å². The Kier molecular flexibility index (Phi) is 3.82. The molecule has 0 fully saturated rings. The van der Waals surface area contributed by atoms with Crippen LogP contribution >= 0.6 is 0 Å². The number of alkyl halides is 1. The summed E-state index contributed by atoms with van der Waals surface area (Å²) < 4.78 is 33.1. The molecule has 0 saturated heterocycles. The van der Waals surface area contributed by atoms with Gasteiger partial charge in [-0.3, -0.25) is 4.98 Å². The number of dihydropyridines is 1. The highest BCUT2D eigenvalue weighted by molar-refractivity contribution is 6.00. The molecule has 8 heteroatoms. The zero-order chi connectivity index (χ0) is 17.6. The third kappa shape index (κ3) is 2.34. The second kappa shape index (κ2) is 5.70. The van der Waals surface area contributed by atoms with Crippen LogP contribution in [0, 0.1) is 5.82 Å². The number of carbonyl (C=O) groups excluding carboxylic acids is 1. The van der Waals surface area contributed by atoms with Crippen LogP contribution in [-0.2, 0) is 14.3 Å². The van der Waals surface area contributed by atoms with Crippen LogP contribution in [0.3, 0.4) is 0 Å². The highest BCUT2D eigenvalue weighted by Crippen LogP contribution is 2.43. The van der Waals surface area contributed by atoms with Gasteiger partial charge in [0.05, 0.1) is 29.0 Å². The molecule has 0 bridgehead atoms. The average Bonchev–Trinajstić information content (AvgIpc) is 2.85. The Bertz CT molecular complexity index is 812. The number of hydrogen-bond acceptors (Lipinski definition) is 5. The number of carboxylic acid groups (broad SMARTS) is 1.